The standard InChI is InChI=1S/C24H24N2O3/c1-17-4-8-19(9-5-17)16-29-23-14-20(10-13-22(23)28-3)15-25-26-24(27)21-11-6-18(2)7-12-21/h4-15H,16H2,1-3H3,(H,26,27)/b25-15-. The van der Waals surface area contributed by atoms with E-state index >= 15 is 0 Å². The smallest absolute Gasteiger partial charge is 0.271 e. The van der Waals surface area contributed by atoms with Gasteiger partial charge in [-0.2, -0.15) is 5.10 Å². The second-order valence-corrected chi connectivity index (χ2v) is 6.75. The number of aryl methyl sites for hydroxylation is 2. The van der Waals surface area contributed by atoms with Crippen LogP contribution in [0.3, 0.4) is 0 Å². The molecule has 0 aliphatic rings. The predicted molar refractivity (Wildman–Crippen MR) is 115 cm³/mol. The zero-order valence-electron chi connectivity index (χ0n) is 16.8. The molecule has 0 unspecified atom stereocenters. The molecule has 0 spiro atoms. The third-order valence-corrected chi connectivity index (χ3v) is 4.40. The Balaban J connectivity index is 1.65. The van der Waals surface area contributed by atoms with Gasteiger partial charge in [0, 0.05) is 5.56 Å². The minimum Gasteiger partial charge on any atom is -0.493 e. The van der Waals surface area contributed by atoms with Crippen LogP contribution in [-0.4, -0.2) is 19.2 Å². The van der Waals surface area contributed by atoms with Crippen LogP contribution in [0.5, 0.6) is 11.5 Å². The molecular weight excluding hydrogens is 364 g/mol. The van der Waals surface area contributed by atoms with Gasteiger partial charge in [-0.25, -0.2) is 5.43 Å². The number of carbonyl (C=O) groups is 1. The third-order valence-electron chi connectivity index (χ3n) is 4.40. The minimum absolute atomic E-state index is 0.259. The Labute approximate surface area is 171 Å². The van der Waals surface area contributed by atoms with E-state index in [9.17, 15) is 4.79 Å². The fourth-order valence-corrected chi connectivity index (χ4v) is 2.67. The normalized spacial score (nSPS) is 10.7. The Morgan fingerprint density at radius 3 is 2.24 bits per heavy atom. The molecule has 0 saturated carbocycles. The van der Waals surface area contributed by atoms with Crippen LogP contribution in [0.15, 0.2) is 71.8 Å². The highest BCUT2D eigenvalue weighted by Gasteiger charge is 2.07. The minimum atomic E-state index is -0.259. The molecule has 0 bridgehead atoms. The van der Waals surface area contributed by atoms with Crippen LogP contribution in [0.2, 0.25) is 0 Å². The average molecular weight is 388 g/mol. The lowest BCUT2D eigenvalue weighted by Gasteiger charge is -2.11. The van der Waals surface area contributed by atoms with Gasteiger partial charge in [-0.3, -0.25) is 4.79 Å². The van der Waals surface area contributed by atoms with Crippen molar-refractivity contribution < 1.29 is 14.3 Å². The number of rotatable bonds is 7. The first-order valence-electron chi connectivity index (χ1n) is 9.31. The van der Waals surface area contributed by atoms with Crippen molar-refractivity contribution >= 4 is 12.1 Å². The largest absolute Gasteiger partial charge is 0.493 e. The summed E-state index contributed by atoms with van der Waals surface area (Å²) < 4.78 is 11.3. The molecule has 148 valence electrons. The molecule has 0 aliphatic carbocycles. The number of hydrogen-bond donors (Lipinski definition) is 1. The Morgan fingerprint density at radius 2 is 1.59 bits per heavy atom. The van der Waals surface area contributed by atoms with Gasteiger partial charge in [0.1, 0.15) is 6.61 Å². The summed E-state index contributed by atoms with van der Waals surface area (Å²) in [5, 5.41) is 4.04. The third kappa shape index (κ3) is 5.69. The van der Waals surface area contributed by atoms with Gasteiger partial charge in [0.25, 0.3) is 5.91 Å². The maximum Gasteiger partial charge on any atom is 0.271 e. The molecule has 0 fully saturated rings. The lowest BCUT2D eigenvalue weighted by molar-refractivity contribution is 0.0955. The number of nitrogens with one attached hydrogen (secondary N) is 1. The van der Waals surface area contributed by atoms with Crippen LogP contribution >= 0.6 is 0 Å². The van der Waals surface area contributed by atoms with Crippen LogP contribution in [0.4, 0.5) is 0 Å². The number of amides is 1. The van der Waals surface area contributed by atoms with Gasteiger partial charge in [0.15, 0.2) is 11.5 Å². The molecule has 0 saturated heterocycles. The molecule has 29 heavy (non-hydrogen) atoms. The van der Waals surface area contributed by atoms with Crippen molar-refractivity contribution in [2.45, 2.75) is 20.5 Å². The number of hydrazone groups is 1. The predicted octanol–water partition coefficient (Wildman–Crippen LogP) is 4.65. The van der Waals surface area contributed by atoms with Gasteiger partial charge in [-0.05, 0) is 55.3 Å². The highest BCUT2D eigenvalue weighted by Crippen LogP contribution is 2.28. The summed E-state index contributed by atoms with van der Waals surface area (Å²) in [6.45, 7) is 4.46. The Kier molecular flexibility index (Phi) is 6.63. The zero-order chi connectivity index (χ0) is 20.6. The van der Waals surface area contributed by atoms with E-state index in [1.165, 1.54) is 5.56 Å². The van der Waals surface area contributed by atoms with Crippen molar-refractivity contribution in [3.05, 3.63) is 94.5 Å². The van der Waals surface area contributed by atoms with Crippen molar-refractivity contribution in [3.63, 3.8) is 0 Å². The van der Waals surface area contributed by atoms with E-state index in [1.54, 1.807) is 25.5 Å². The summed E-state index contributed by atoms with van der Waals surface area (Å²) in [6.07, 6.45) is 1.57. The summed E-state index contributed by atoms with van der Waals surface area (Å²) in [5.74, 6) is 0.991. The highest BCUT2D eigenvalue weighted by molar-refractivity contribution is 5.94. The SMILES string of the molecule is COc1ccc(/C=N\NC(=O)c2ccc(C)cc2)cc1OCc1ccc(C)cc1. The fourth-order valence-electron chi connectivity index (χ4n) is 2.67. The van der Waals surface area contributed by atoms with E-state index in [2.05, 4.69) is 22.7 Å². The van der Waals surface area contributed by atoms with Crippen molar-refractivity contribution in [1.82, 2.24) is 5.43 Å². The molecule has 1 amide bonds. The second kappa shape index (κ2) is 9.55. The maximum absolute atomic E-state index is 12.1. The Bertz CT molecular complexity index is 994. The van der Waals surface area contributed by atoms with Crippen LogP contribution in [0, 0.1) is 13.8 Å². The maximum atomic E-state index is 12.1. The zero-order valence-corrected chi connectivity index (χ0v) is 16.8. The van der Waals surface area contributed by atoms with Gasteiger partial charge < -0.3 is 9.47 Å². The van der Waals surface area contributed by atoms with Crippen molar-refractivity contribution in [3.8, 4) is 11.5 Å². The van der Waals surface area contributed by atoms with Gasteiger partial charge in [0.2, 0.25) is 0 Å². The summed E-state index contributed by atoms with van der Waals surface area (Å²) in [6, 6.07) is 21.0. The molecule has 0 aliphatic heterocycles. The molecular formula is C24H24N2O3. The number of benzene rings is 3. The molecule has 3 rings (SSSR count). The monoisotopic (exact) mass is 388 g/mol. The average Bonchev–Trinajstić information content (AvgIpc) is 2.74. The van der Waals surface area contributed by atoms with Crippen LogP contribution < -0.4 is 14.9 Å². The number of ether oxygens (including phenoxy) is 2. The fraction of sp³-hybridized carbons (Fsp3) is 0.167. The van der Waals surface area contributed by atoms with E-state index in [4.69, 9.17) is 9.47 Å². The van der Waals surface area contributed by atoms with Gasteiger partial charge in [0.05, 0.1) is 13.3 Å². The Morgan fingerprint density at radius 1 is 0.931 bits per heavy atom. The first-order valence-corrected chi connectivity index (χ1v) is 9.31. The summed E-state index contributed by atoms with van der Waals surface area (Å²) >= 11 is 0. The molecule has 1 N–H and O–H groups in total. The van der Waals surface area contributed by atoms with Gasteiger partial charge >= 0.3 is 0 Å². The Hall–Kier alpha value is -3.60. The van der Waals surface area contributed by atoms with Crippen molar-refractivity contribution in [2.24, 2.45) is 5.10 Å². The van der Waals surface area contributed by atoms with Crippen LogP contribution in [0.25, 0.3) is 0 Å². The first kappa shape index (κ1) is 20.1. The van der Waals surface area contributed by atoms with E-state index in [1.807, 2.05) is 56.3 Å². The van der Waals surface area contributed by atoms with E-state index in [0.29, 0.717) is 23.7 Å². The summed E-state index contributed by atoms with van der Waals surface area (Å²) in [7, 11) is 1.60. The lowest BCUT2D eigenvalue weighted by atomic mass is 10.1. The van der Waals surface area contributed by atoms with E-state index < -0.39 is 0 Å². The van der Waals surface area contributed by atoms with E-state index in [-0.39, 0.29) is 5.91 Å². The molecule has 5 nitrogen and oxygen atoms in total. The molecule has 3 aromatic rings. The summed E-state index contributed by atoms with van der Waals surface area (Å²) in [4.78, 5) is 12.1. The van der Waals surface area contributed by atoms with Crippen LogP contribution in [-0.2, 0) is 6.61 Å². The molecule has 0 aromatic heterocycles. The molecule has 3 aromatic carbocycles. The van der Waals surface area contributed by atoms with Crippen molar-refractivity contribution in [2.75, 3.05) is 7.11 Å². The number of carbonyl (C=O) groups excluding carboxylic acids is 1. The first-order chi connectivity index (χ1) is 14.0. The molecule has 5 heteroatoms. The number of hydrogen-bond acceptors (Lipinski definition) is 4. The quantitative estimate of drug-likeness (QED) is 0.473. The number of nitrogens with zero attached hydrogens (tertiary/aromatic N) is 1. The van der Waals surface area contributed by atoms with Gasteiger partial charge in [-0.1, -0.05) is 47.5 Å². The molecule has 0 heterocycles. The van der Waals surface area contributed by atoms with E-state index in [0.717, 1.165) is 16.7 Å². The van der Waals surface area contributed by atoms with Crippen LogP contribution in [0.1, 0.15) is 32.6 Å². The number of methoxy groups -OCH3 is 1. The molecule has 0 atom stereocenters. The summed E-state index contributed by atoms with van der Waals surface area (Å²) in [5.41, 5.74) is 7.26. The second-order valence-electron chi connectivity index (χ2n) is 6.75. The molecule has 0 radical (unpaired) electrons. The topological polar surface area (TPSA) is 59.9 Å². The lowest BCUT2D eigenvalue weighted by Crippen LogP contribution is -2.17. The van der Waals surface area contributed by atoms with Gasteiger partial charge in [-0.15, -0.1) is 0 Å². The highest BCUT2D eigenvalue weighted by atomic mass is 16.5. The van der Waals surface area contributed by atoms with Crippen molar-refractivity contribution in [1.29, 1.82) is 0 Å².